The molecule has 3 rings (SSSR count). The quantitative estimate of drug-likeness (QED) is 0.903. The topological polar surface area (TPSA) is 53.6 Å². The Labute approximate surface area is 132 Å². The highest BCUT2D eigenvalue weighted by Gasteiger charge is 2.38. The standard InChI is InChI=1S/C17H25N3O2/c1-11-4-7-16(22-3)15(8-11)19-17(21)18-12-9-13-5-6-14(10-12)20(13)2/h4,7-8,12-14H,5-6,9-10H2,1-3H3,(H2,18,19,21). The summed E-state index contributed by atoms with van der Waals surface area (Å²) in [5, 5.41) is 6.05. The second-order valence-corrected chi connectivity index (χ2v) is 6.52. The predicted octanol–water partition coefficient (Wildman–Crippen LogP) is 2.75. The highest BCUT2D eigenvalue weighted by atomic mass is 16.5. The summed E-state index contributed by atoms with van der Waals surface area (Å²) in [6.07, 6.45) is 4.61. The molecule has 120 valence electrons. The molecule has 2 aliphatic heterocycles. The maximum absolute atomic E-state index is 12.3. The van der Waals surface area contributed by atoms with Crippen LogP contribution in [-0.2, 0) is 0 Å². The van der Waals surface area contributed by atoms with E-state index in [9.17, 15) is 4.79 Å². The van der Waals surface area contributed by atoms with E-state index >= 15 is 0 Å². The SMILES string of the molecule is COc1ccc(C)cc1NC(=O)NC1CC2CCC(C1)N2C. The van der Waals surface area contributed by atoms with Gasteiger partial charge < -0.3 is 20.3 Å². The highest BCUT2D eigenvalue weighted by Crippen LogP contribution is 2.34. The minimum Gasteiger partial charge on any atom is -0.495 e. The molecule has 0 spiro atoms. The van der Waals surface area contributed by atoms with Crippen LogP contribution in [0.2, 0.25) is 0 Å². The van der Waals surface area contributed by atoms with Gasteiger partial charge >= 0.3 is 6.03 Å². The molecule has 2 atom stereocenters. The number of aryl methyl sites for hydroxylation is 1. The Morgan fingerprint density at radius 3 is 2.59 bits per heavy atom. The van der Waals surface area contributed by atoms with Gasteiger partial charge in [0, 0.05) is 18.1 Å². The third-order valence-corrected chi connectivity index (χ3v) is 5.04. The molecule has 2 bridgehead atoms. The molecule has 2 heterocycles. The zero-order valence-corrected chi connectivity index (χ0v) is 13.6. The second-order valence-electron chi connectivity index (χ2n) is 6.52. The first-order valence-corrected chi connectivity index (χ1v) is 8.01. The summed E-state index contributed by atoms with van der Waals surface area (Å²) in [5.74, 6) is 0.684. The van der Waals surface area contributed by atoms with Gasteiger partial charge in [-0.15, -0.1) is 0 Å². The van der Waals surface area contributed by atoms with Crippen LogP contribution in [0.15, 0.2) is 18.2 Å². The van der Waals surface area contributed by atoms with Crippen LogP contribution < -0.4 is 15.4 Å². The number of urea groups is 1. The number of anilines is 1. The number of carbonyl (C=O) groups is 1. The Kier molecular flexibility index (Phi) is 4.25. The van der Waals surface area contributed by atoms with E-state index in [-0.39, 0.29) is 12.1 Å². The number of benzene rings is 1. The van der Waals surface area contributed by atoms with Crippen molar-refractivity contribution in [2.75, 3.05) is 19.5 Å². The monoisotopic (exact) mass is 303 g/mol. The van der Waals surface area contributed by atoms with Crippen LogP contribution in [0.3, 0.4) is 0 Å². The van der Waals surface area contributed by atoms with Crippen molar-refractivity contribution in [1.82, 2.24) is 10.2 Å². The lowest BCUT2D eigenvalue weighted by atomic mass is 9.98. The number of rotatable bonds is 3. The number of nitrogens with one attached hydrogen (secondary N) is 2. The maximum Gasteiger partial charge on any atom is 0.319 e. The number of hydrogen-bond donors (Lipinski definition) is 2. The van der Waals surface area contributed by atoms with E-state index in [0.717, 1.165) is 24.1 Å². The lowest BCUT2D eigenvalue weighted by Crippen LogP contribution is -2.49. The smallest absolute Gasteiger partial charge is 0.319 e. The number of ether oxygens (including phenoxy) is 1. The normalized spacial score (nSPS) is 27.5. The summed E-state index contributed by atoms with van der Waals surface area (Å²) in [5.41, 5.74) is 1.81. The number of piperidine rings is 1. The Morgan fingerprint density at radius 2 is 1.95 bits per heavy atom. The van der Waals surface area contributed by atoms with Gasteiger partial charge in [0.15, 0.2) is 0 Å². The van der Waals surface area contributed by atoms with Crippen molar-refractivity contribution in [1.29, 1.82) is 0 Å². The first-order valence-electron chi connectivity index (χ1n) is 8.01. The Morgan fingerprint density at radius 1 is 1.27 bits per heavy atom. The molecule has 1 aromatic carbocycles. The Hall–Kier alpha value is -1.75. The summed E-state index contributed by atoms with van der Waals surface area (Å²) >= 11 is 0. The lowest BCUT2D eigenvalue weighted by Gasteiger charge is -2.36. The van der Waals surface area contributed by atoms with Gasteiger partial charge in [-0.25, -0.2) is 4.79 Å². The average molecular weight is 303 g/mol. The number of nitrogens with zero attached hydrogens (tertiary/aromatic N) is 1. The van der Waals surface area contributed by atoms with E-state index in [0.29, 0.717) is 17.8 Å². The van der Waals surface area contributed by atoms with Gasteiger partial charge in [-0.2, -0.15) is 0 Å². The molecule has 1 aromatic rings. The van der Waals surface area contributed by atoms with E-state index in [1.165, 1.54) is 12.8 Å². The van der Waals surface area contributed by atoms with Gasteiger partial charge in [-0.05, 0) is 57.4 Å². The van der Waals surface area contributed by atoms with E-state index in [4.69, 9.17) is 4.74 Å². The molecule has 5 heteroatoms. The molecule has 2 unspecified atom stereocenters. The molecule has 2 N–H and O–H groups in total. The van der Waals surface area contributed by atoms with Crippen molar-refractivity contribution in [3.8, 4) is 5.75 Å². The molecule has 5 nitrogen and oxygen atoms in total. The van der Waals surface area contributed by atoms with Crippen LogP contribution in [-0.4, -0.2) is 43.2 Å². The van der Waals surface area contributed by atoms with Crippen LogP contribution in [0.5, 0.6) is 5.75 Å². The third-order valence-electron chi connectivity index (χ3n) is 5.04. The van der Waals surface area contributed by atoms with Crippen molar-refractivity contribution < 1.29 is 9.53 Å². The number of methoxy groups -OCH3 is 1. The van der Waals surface area contributed by atoms with Gasteiger partial charge in [0.25, 0.3) is 0 Å². The van der Waals surface area contributed by atoms with E-state index in [1.807, 2.05) is 25.1 Å². The molecule has 2 aliphatic rings. The molecule has 0 saturated carbocycles. The zero-order valence-electron chi connectivity index (χ0n) is 13.6. The molecule has 0 aliphatic carbocycles. The number of fused-ring (bicyclic) bond motifs is 2. The first kappa shape index (κ1) is 15.2. The lowest BCUT2D eigenvalue weighted by molar-refractivity contribution is 0.151. The predicted molar refractivity (Wildman–Crippen MR) is 87.5 cm³/mol. The minimum absolute atomic E-state index is 0.141. The van der Waals surface area contributed by atoms with Crippen LogP contribution in [0.1, 0.15) is 31.2 Å². The van der Waals surface area contributed by atoms with Gasteiger partial charge in [0.05, 0.1) is 12.8 Å². The zero-order chi connectivity index (χ0) is 15.7. The highest BCUT2D eigenvalue weighted by molar-refractivity contribution is 5.91. The molecule has 22 heavy (non-hydrogen) atoms. The molecule has 2 amide bonds. The molecule has 2 fully saturated rings. The van der Waals surface area contributed by atoms with Crippen LogP contribution in [0.4, 0.5) is 10.5 Å². The van der Waals surface area contributed by atoms with Crippen molar-refractivity contribution >= 4 is 11.7 Å². The summed E-state index contributed by atoms with van der Waals surface area (Å²) < 4.78 is 5.30. The van der Waals surface area contributed by atoms with Crippen LogP contribution in [0, 0.1) is 6.92 Å². The minimum atomic E-state index is -0.141. The molecule has 0 radical (unpaired) electrons. The van der Waals surface area contributed by atoms with Crippen molar-refractivity contribution in [2.24, 2.45) is 0 Å². The van der Waals surface area contributed by atoms with Crippen LogP contribution in [0.25, 0.3) is 0 Å². The fourth-order valence-electron chi connectivity index (χ4n) is 3.79. The Bertz CT molecular complexity index is 547. The summed E-state index contributed by atoms with van der Waals surface area (Å²) in [7, 11) is 3.82. The van der Waals surface area contributed by atoms with Gasteiger partial charge in [0.1, 0.15) is 5.75 Å². The molecular weight excluding hydrogens is 278 g/mol. The van der Waals surface area contributed by atoms with Gasteiger partial charge in [0.2, 0.25) is 0 Å². The number of hydrogen-bond acceptors (Lipinski definition) is 3. The summed E-state index contributed by atoms with van der Waals surface area (Å²) in [6, 6.07) is 7.14. The number of carbonyl (C=O) groups excluding carboxylic acids is 1. The largest absolute Gasteiger partial charge is 0.495 e. The van der Waals surface area contributed by atoms with Crippen molar-refractivity contribution in [3.63, 3.8) is 0 Å². The van der Waals surface area contributed by atoms with Gasteiger partial charge in [-0.3, -0.25) is 0 Å². The van der Waals surface area contributed by atoms with Crippen molar-refractivity contribution in [2.45, 2.75) is 50.7 Å². The molecule has 0 aromatic heterocycles. The molecular formula is C17H25N3O2. The molecule has 2 saturated heterocycles. The van der Waals surface area contributed by atoms with Crippen molar-refractivity contribution in [3.05, 3.63) is 23.8 Å². The van der Waals surface area contributed by atoms with E-state index in [2.05, 4.69) is 22.6 Å². The summed E-state index contributed by atoms with van der Waals surface area (Å²) in [6.45, 7) is 2.00. The first-order chi connectivity index (χ1) is 10.6. The van der Waals surface area contributed by atoms with Crippen LogP contribution >= 0.6 is 0 Å². The number of amides is 2. The average Bonchev–Trinajstić information content (AvgIpc) is 2.70. The fraction of sp³-hybridized carbons (Fsp3) is 0.588. The Balaban J connectivity index is 1.60. The second kappa shape index (κ2) is 6.16. The van der Waals surface area contributed by atoms with E-state index < -0.39 is 0 Å². The summed E-state index contributed by atoms with van der Waals surface area (Å²) in [4.78, 5) is 14.8. The maximum atomic E-state index is 12.3. The third kappa shape index (κ3) is 3.04. The van der Waals surface area contributed by atoms with E-state index in [1.54, 1.807) is 7.11 Å². The fourth-order valence-corrected chi connectivity index (χ4v) is 3.79. The van der Waals surface area contributed by atoms with Gasteiger partial charge in [-0.1, -0.05) is 6.07 Å².